The van der Waals surface area contributed by atoms with E-state index in [0.29, 0.717) is 25.5 Å². The summed E-state index contributed by atoms with van der Waals surface area (Å²) < 4.78 is 40.3. The van der Waals surface area contributed by atoms with Gasteiger partial charge in [0, 0.05) is 19.2 Å². The lowest BCUT2D eigenvalue weighted by Gasteiger charge is -2.28. The molecule has 1 aliphatic rings. The fourth-order valence-electron chi connectivity index (χ4n) is 2.07. The van der Waals surface area contributed by atoms with Crippen LogP contribution < -0.4 is 16.2 Å². The summed E-state index contributed by atoms with van der Waals surface area (Å²) in [7, 11) is 0. The molecule has 2 aromatic rings. The average Bonchev–Trinajstić information content (AvgIpc) is 2.93. The zero-order valence-corrected chi connectivity index (χ0v) is 10.7. The summed E-state index contributed by atoms with van der Waals surface area (Å²) in [4.78, 5) is 8.96. The average molecular weight is 300 g/mol. The van der Waals surface area contributed by atoms with Crippen molar-refractivity contribution in [1.82, 2.24) is 24.7 Å². The molecule has 8 nitrogen and oxygen atoms in total. The molecule has 0 saturated heterocycles. The van der Waals surface area contributed by atoms with Gasteiger partial charge in [-0.25, -0.2) is 10.8 Å². The van der Waals surface area contributed by atoms with Crippen molar-refractivity contribution in [3.8, 4) is 0 Å². The van der Waals surface area contributed by atoms with Gasteiger partial charge < -0.3 is 9.47 Å². The molecule has 112 valence electrons. The van der Waals surface area contributed by atoms with Crippen molar-refractivity contribution in [3.05, 3.63) is 23.9 Å². The van der Waals surface area contributed by atoms with Crippen molar-refractivity contribution in [3.63, 3.8) is 0 Å². The van der Waals surface area contributed by atoms with Crippen LogP contribution in [0.2, 0.25) is 0 Å². The van der Waals surface area contributed by atoms with Gasteiger partial charge in [-0.2, -0.15) is 18.2 Å². The molecule has 0 fully saturated rings. The minimum atomic E-state index is -4.57. The quantitative estimate of drug-likeness (QED) is 0.611. The molecule has 0 amide bonds. The minimum Gasteiger partial charge on any atom is -0.347 e. The summed E-state index contributed by atoms with van der Waals surface area (Å²) in [5.74, 6) is 5.65. The maximum Gasteiger partial charge on any atom is 0.433 e. The molecule has 0 atom stereocenters. The largest absolute Gasteiger partial charge is 0.433 e. The number of hydrogen-bond donors (Lipinski definition) is 2. The topological polar surface area (TPSA) is 97.8 Å². The highest BCUT2D eigenvalue weighted by atomic mass is 19.4. The smallest absolute Gasteiger partial charge is 0.347 e. The van der Waals surface area contributed by atoms with Gasteiger partial charge in [-0.15, -0.1) is 10.2 Å². The van der Waals surface area contributed by atoms with Gasteiger partial charge in [0.05, 0.1) is 6.54 Å². The molecular weight excluding hydrogens is 289 g/mol. The van der Waals surface area contributed by atoms with Gasteiger partial charge in [0.25, 0.3) is 0 Å². The van der Waals surface area contributed by atoms with E-state index in [0.717, 1.165) is 6.07 Å². The second kappa shape index (κ2) is 4.84. The predicted octanol–water partition coefficient (Wildman–Crippen LogP) is 0.393. The Morgan fingerprint density at radius 3 is 2.76 bits per heavy atom. The monoisotopic (exact) mass is 300 g/mol. The number of rotatable bonds is 2. The zero-order valence-electron chi connectivity index (χ0n) is 10.7. The van der Waals surface area contributed by atoms with Crippen LogP contribution in [0.3, 0.4) is 0 Å². The van der Waals surface area contributed by atoms with E-state index in [1.165, 1.54) is 0 Å². The predicted molar refractivity (Wildman–Crippen MR) is 65.9 cm³/mol. The number of hydrogen-bond acceptors (Lipinski definition) is 7. The van der Waals surface area contributed by atoms with E-state index in [2.05, 4.69) is 25.6 Å². The summed E-state index contributed by atoms with van der Waals surface area (Å²) >= 11 is 0. The van der Waals surface area contributed by atoms with Crippen LogP contribution >= 0.6 is 0 Å². The summed E-state index contributed by atoms with van der Waals surface area (Å²) in [6.07, 6.45) is -2.99. The first-order valence-electron chi connectivity index (χ1n) is 6.02. The molecular formula is C10H11F3N8. The Labute approximate surface area is 116 Å². The van der Waals surface area contributed by atoms with Gasteiger partial charge >= 0.3 is 6.18 Å². The summed E-state index contributed by atoms with van der Waals surface area (Å²) in [5.41, 5.74) is 1.00. The van der Waals surface area contributed by atoms with Crippen molar-refractivity contribution in [1.29, 1.82) is 0 Å². The highest BCUT2D eigenvalue weighted by Gasteiger charge is 2.34. The Hall–Kier alpha value is -2.43. The van der Waals surface area contributed by atoms with Crippen LogP contribution in [-0.4, -0.2) is 31.3 Å². The summed E-state index contributed by atoms with van der Waals surface area (Å²) in [5, 5.41) is 7.68. The molecule has 3 heterocycles. The van der Waals surface area contributed by atoms with Crippen molar-refractivity contribution >= 4 is 11.8 Å². The molecule has 0 bridgehead atoms. The van der Waals surface area contributed by atoms with Crippen LogP contribution in [0, 0.1) is 0 Å². The minimum absolute atomic E-state index is 0.138. The fraction of sp³-hybridized carbons (Fsp3) is 0.400. The lowest BCUT2D eigenvalue weighted by molar-refractivity contribution is -0.141. The number of nitrogens with two attached hydrogens (primary N) is 1. The number of nitrogens with zero attached hydrogens (tertiary/aromatic N) is 6. The van der Waals surface area contributed by atoms with E-state index in [1.807, 2.05) is 4.57 Å². The first kappa shape index (κ1) is 13.5. The Morgan fingerprint density at radius 1 is 1.24 bits per heavy atom. The summed E-state index contributed by atoms with van der Waals surface area (Å²) in [6.45, 7) is 1.38. The Bertz CT molecular complexity index is 652. The van der Waals surface area contributed by atoms with Crippen LogP contribution in [0.4, 0.5) is 24.9 Å². The molecule has 3 rings (SSSR count). The number of fused-ring (bicyclic) bond motifs is 1. The van der Waals surface area contributed by atoms with E-state index in [1.54, 1.807) is 11.2 Å². The van der Waals surface area contributed by atoms with Gasteiger partial charge in [-0.3, -0.25) is 5.43 Å². The number of nitrogen functional groups attached to an aromatic ring is 1. The second-order valence-corrected chi connectivity index (χ2v) is 4.44. The highest BCUT2D eigenvalue weighted by molar-refractivity contribution is 5.45. The van der Waals surface area contributed by atoms with Crippen molar-refractivity contribution in [2.45, 2.75) is 19.3 Å². The SMILES string of the molecule is NNc1nc(N2CCn3cnnc3C2)cc(C(F)(F)F)n1. The zero-order chi connectivity index (χ0) is 15.0. The van der Waals surface area contributed by atoms with Gasteiger partial charge in [0.15, 0.2) is 11.5 Å². The highest BCUT2D eigenvalue weighted by Crippen LogP contribution is 2.31. The van der Waals surface area contributed by atoms with Gasteiger partial charge in [0.1, 0.15) is 12.1 Å². The Kier molecular flexibility index (Phi) is 3.12. The van der Waals surface area contributed by atoms with E-state index in [9.17, 15) is 13.2 Å². The van der Waals surface area contributed by atoms with Gasteiger partial charge in [-0.05, 0) is 0 Å². The normalized spacial score (nSPS) is 15.0. The Balaban J connectivity index is 1.95. The number of nitrogens with one attached hydrogen (secondary N) is 1. The summed E-state index contributed by atoms with van der Waals surface area (Å²) in [6, 6.07) is 0.896. The molecule has 2 aromatic heterocycles. The van der Waals surface area contributed by atoms with Crippen molar-refractivity contribution < 1.29 is 13.2 Å². The van der Waals surface area contributed by atoms with E-state index in [4.69, 9.17) is 5.84 Å². The number of alkyl halides is 3. The number of halogens is 3. The third-order valence-electron chi connectivity index (χ3n) is 3.09. The van der Waals surface area contributed by atoms with E-state index < -0.39 is 11.9 Å². The third-order valence-corrected chi connectivity index (χ3v) is 3.09. The lowest BCUT2D eigenvalue weighted by Crippen LogP contribution is -2.34. The first-order valence-corrected chi connectivity index (χ1v) is 6.02. The lowest BCUT2D eigenvalue weighted by atomic mass is 10.3. The second-order valence-electron chi connectivity index (χ2n) is 4.44. The molecule has 0 unspecified atom stereocenters. The van der Waals surface area contributed by atoms with E-state index in [-0.39, 0.29) is 11.8 Å². The van der Waals surface area contributed by atoms with Gasteiger partial charge in [-0.1, -0.05) is 0 Å². The van der Waals surface area contributed by atoms with Crippen molar-refractivity contribution in [2.75, 3.05) is 16.9 Å². The Morgan fingerprint density at radius 2 is 2.05 bits per heavy atom. The molecule has 0 aromatic carbocycles. The number of anilines is 2. The third kappa shape index (κ3) is 2.59. The molecule has 11 heteroatoms. The molecule has 0 radical (unpaired) electrons. The van der Waals surface area contributed by atoms with Crippen molar-refractivity contribution in [2.24, 2.45) is 5.84 Å². The first-order chi connectivity index (χ1) is 9.97. The van der Waals surface area contributed by atoms with Crippen LogP contribution in [0.15, 0.2) is 12.4 Å². The van der Waals surface area contributed by atoms with Crippen LogP contribution in [-0.2, 0) is 19.3 Å². The van der Waals surface area contributed by atoms with Crippen LogP contribution in [0.25, 0.3) is 0 Å². The molecule has 3 N–H and O–H groups in total. The fourth-order valence-corrected chi connectivity index (χ4v) is 2.07. The van der Waals surface area contributed by atoms with E-state index >= 15 is 0 Å². The maximum atomic E-state index is 12.8. The molecule has 0 aliphatic carbocycles. The number of hydrazine groups is 1. The standard InChI is InChI=1S/C10H11F3N8/c11-10(12,13)6-3-7(17-9(16-6)18-14)20-1-2-21-5-15-19-8(21)4-20/h3,5H,1-2,4,14H2,(H,16,17,18). The van der Waals surface area contributed by atoms with Crippen LogP contribution in [0.5, 0.6) is 0 Å². The number of aromatic nitrogens is 5. The van der Waals surface area contributed by atoms with Gasteiger partial charge in [0.2, 0.25) is 5.95 Å². The molecule has 21 heavy (non-hydrogen) atoms. The molecule has 0 spiro atoms. The molecule has 1 aliphatic heterocycles. The molecule has 0 saturated carbocycles. The maximum absolute atomic E-state index is 12.8. The van der Waals surface area contributed by atoms with Crippen LogP contribution in [0.1, 0.15) is 11.5 Å².